The molecule has 1 fully saturated rings. The highest BCUT2D eigenvalue weighted by Gasteiger charge is 2.18. The van der Waals surface area contributed by atoms with Crippen LogP contribution < -0.4 is 24.4 Å². The molecule has 33 heavy (non-hydrogen) atoms. The first-order chi connectivity index (χ1) is 16.1. The number of hydrogen-bond acceptors (Lipinski definition) is 8. The van der Waals surface area contributed by atoms with E-state index in [1.807, 2.05) is 6.07 Å². The molecule has 3 rings (SSSR count). The molecule has 0 unspecified atom stereocenters. The van der Waals surface area contributed by atoms with Crippen LogP contribution in [-0.4, -0.2) is 76.7 Å². The minimum Gasteiger partial charge on any atom is -0.493 e. The molecule has 2 aromatic rings. The van der Waals surface area contributed by atoms with Crippen LogP contribution in [0.2, 0.25) is 0 Å². The molecule has 0 aromatic heterocycles. The van der Waals surface area contributed by atoms with Crippen molar-refractivity contribution >= 4 is 18.0 Å². The van der Waals surface area contributed by atoms with Crippen LogP contribution >= 0.6 is 0 Å². The number of nitrogens with zero attached hydrogens (tertiary/aromatic N) is 2. The Morgan fingerprint density at radius 2 is 1.64 bits per heavy atom. The number of benzene rings is 2. The number of morpholine rings is 1. The fourth-order valence-corrected chi connectivity index (χ4v) is 3.02. The molecule has 2 aromatic carbocycles. The Morgan fingerprint density at radius 3 is 2.36 bits per heavy atom. The van der Waals surface area contributed by atoms with Crippen molar-refractivity contribution in [2.75, 3.05) is 53.7 Å². The Kier molecular flexibility index (Phi) is 8.89. The van der Waals surface area contributed by atoms with Crippen molar-refractivity contribution in [3.8, 4) is 23.0 Å². The SMILES string of the molecule is COc1ccccc1OCC(=O)N/N=C/c1ccc(OCC(=O)N2CCOCC2)c(OC)c1. The number of ether oxygens (including phenoxy) is 5. The Balaban J connectivity index is 1.49. The minimum absolute atomic E-state index is 0.0912. The second-order valence-electron chi connectivity index (χ2n) is 6.92. The summed E-state index contributed by atoms with van der Waals surface area (Å²) in [5.74, 6) is 1.35. The Bertz CT molecular complexity index is 974. The number of carbonyl (C=O) groups excluding carboxylic acids is 2. The maximum absolute atomic E-state index is 12.2. The summed E-state index contributed by atoms with van der Waals surface area (Å²) < 4.78 is 26.9. The molecule has 1 N–H and O–H groups in total. The molecule has 1 aliphatic heterocycles. The van der Waals surface area contributed by atoms with Gasteiger partial charge >= 0.3 is 0 Å². The number of hydrazone groups is 1. The van der Waals surface area contributed by atoms with E-state index in [9.17, 15) is 9.59 Å². The zero-order valence-corrected chi connectivity index (χ0v) is 18.6. The molecule has 0 saturated carbocycles. The molecule has 0 radical (unpaired) electrons. The van der Waals surface area contributed by atoms with Crippen molar-refractivity contribution in [3.63, 3.8) is 0 Å². The van der Waals surface area contributed by atoms with Gasteiger partial charge in [-0.3, -0.25) is 9.59 Å². The first kappa shape index (κ1) is 23.9. The molecule has 0 spiro atoms. The maximum atomic E-state index is 12.2. The summed E-state index contributed by atoms with van der Waals surface area (Å²) >= 11 is 0. The summed E-state index contributed by atoms with van der Waals surface area (Å²) in [4.78, 5) is 25.9. The van der Waals surface area contributed by atoms with Crippen LogP contribution in [0.25, 0.3) is 0 Å². The van der Waals surface area contributed by atoms with Crippen LogP contribution in [0.1, 0.15) is 5.56 Å². The first-order valence-electron chi connectivity index (χ1n) is 10.3. The second-order valence-corrected chi connectivity index (χ2v) is 6.92. The Morgan fingerprint density at radius 1 is 0.970 bits per heavy atom. The third kappa shape index (κ3) is 7.11. The average Bonchev–Trinajstić information content (AvgIpc) is 2.87. The van der Waals surface area contributed by atoms with Crippen LogP contribution in [0.15, 0.2) is 47.6 Å². The minimum atomic E-state index is -0.425. The zero-order chi connectivity index (χ0) is 23.5. The van der Waals surface area contributed by atoms with E-state index in [1.165, 1.54) is 20.4 Å². The summed E-state index contributed by atoms with van der Waals surface area (Å²) in [6, 6.07) is 12.1. The molecule has 0 bridgehead atoms. The van der Waals surface area contributed by atoms with Gasteiger partial charge in [-0.05, 0) is 35.9 Å². The summed E-state index contributed by atoms with van der Waals surface area (Å²) in [5, 5.41) is 3.93. The van der Waals surface area contributed by atoms with Crippen LogP contribution in [-0.2, 0) is 14.3 Å². The molecule has 0 aliphatic carbocycles. The van der Waals surface area contributed by atoms with Crippen LogP contribution in [0.3, 0.4) is 0 Å². The van der Waals surface area contributed by atoms with Gasteiger partial charge in [0.05, 0.1) is 33.6 Å². The standard InChI is InChI=1S/C23H27N3O7/c1-29-18-5-3-4-6-19(18)32-15-22(27)25-24-14-17-7-8-20(21(13-17)30-2)33-16-23(28)26-9-11-31-12-10-26/h3-8,13-14H,9-12,15-16H2,1-2H3,(H,25,27)/b24-14+. The topological polar surface area (TPSA) is 108 Å². The summed E-state index contributed by atoms with van der Waals surface area (Å²) in [7, 11) is 3.03. The number of para-hydroxylation sites is 2. The van der Waals surface area contributed by atoms with E-state index in [2.05, 4.69) is 10.5 Å². The first-order valence-corrected chi connectivity index (χ1v) is 10.3. The van der Waals surface area contributed by atoms with Gasteiger partial charge in [0.2, 0.25) is 0 Å². The highest BCUT2D eigenvalue weighted by molar-refractivity contribution is 5.84. The molecule has 1 heterocycles. The van der Waals surface area contributed by atoms with E-state index in [-0.39, 0.29) is 19.1 Å². The highest BCUT2D eigenvalue weighted by Crippen LogP contribution is 2.28. The van der Waals surface area contributed by atoms with Crippen molar-refractivity contribution in [3.05, 3.63) is 48.0 Å². The summed E-state index contributed by atoms with van der Waals surface area (Å²) in [6.45, 7) is 1.88. The second kappa shape index (κ2) is 12.3. The third-order valence-corrected chi connectivity index (χ3v) is 4.73. The van der Waals surface area contributed by atoms with Crippen LogP contribution in [0, 0.1) is 0 Å². The lowest BCUT2D eigenvalue weighted by Crippen LogP contribution is -2.43. The summed E-state index contributed by atoms with van der Waals surface area (Å²) in [6.07, 6.45) is 1.46. The van der Waals surface area contributed by atoms with Crippen LogP contribution in [0.5, 0.6) is 23.0 Å². The van der Waals surface area contributed by atoms with E-state index >= 15 is 0 Å². The Labute approximate surface area is 192 Å². The molecular weight excluding hydrogens is 430 g/mol. The molecular formula is C23H27N3O7. The number of carbonyl (C=O) groups is 2. The molecule has 176 valence electrons. The van der Waals surface area contributed by atoms with Gasteiger partial charge in [-0.2, -0.15) is 5.10 Å². The van der Waals surface area contributed by atoms with Crippen molar-refractivity contribution < 1.29 is 33.3 Å². The van der Waals surface area contributed by atoms with Gasteiger partial charge in [0, 0.05) is 13.1 Å². The number of rotatable bonds is 10. The van der Waals surface area contributed by atoms with E-state index in [1.54, 1.807) is 41.3 Å². The predicted molar refractivity (Wildman–Crippen MR) is 120 cm³/mol. The fourth-order valence-electron chi connectivity index (χ4n) is 3.02. The maximum Gasteiger partial charge on any atom is 0.277 e. The summed E-state index contributed by atoms with van der Waals surface area (Å²) in [5.41, 5.74) is 3.07. The molecule has 10 heteroatoms. The molecule has 0 atom stereocenters. The van der Waals surface area contributed by atoms with Crippen LogP contribution in [0.4, 0.5) is 0 Å². The Hall–Kier alpha value is -3.79. The third-order valence-electron chi connectivity index (χ3n) is 4.73. The smallest absolute Gasteiger partial charge is 0.277 e. The van der Waals surface area contributed by atoms with Gasteiger partial charge < -0.3 is 28.6 Å². The van der Waals surface area contributed by atoms with Gasteiger partial charge in [0.1, 0.15) is 0 Å². The van der Waals surface area contributed by atoms with Gasteiger partial charge in [0.25, 0.3) is 11.8 Å². The van der Waals surface area contributed by atoms with E-state index < -0.39 is 5.91 Å². The lowest BCUT2D eigenvalue weighted by molar-refractivity contribution is -0.137. The van der Waals surface area contributed by atoms with Gasteiger partial charge in [-0.15, -0.1) is 0 Å². The lowest BCUT2D eigenvalue weighted by atomic mass is 10.2. The number of methoxy groups -OCH3 is 2. The zero-order valence-electron chi connectivity index (χ0n) is 18.6. The van der Waals surface area contributed by atoms with Gasteiger partial charge in [-0.1, -0.05) is 12.1 Å². The van der Waals surface area contributed by atoms with Gasteiger partial charge in [-0.25, -0.2) is 5.43 Å². The monoisotopic (exact) mass is 457 g/mol. The predicted octanol–water partition coefficient (Wildman–Crippen LogP) is 1.47. The molecule has 2 amide bonds. The van der Waals surface area contributed by atoms with E-state index in [4.69, 9.17) is 23.7 Å². The highest BCUT2D eigenvalue weighted by atomic mass is 16.5. The largest absolute Gasteiger partial charge is 0.493 e. The molecule has 1 saturated heterocycles. The van der Waals surface area contributed by atoms with Crippen molar-refractivity contribution in [1.29, 1.82) is 0 Å². The normalized spacial score (nSPS) is 13.5. The molecule has 1 aliphatic rings. The molecule has 10 nitrogen and oxygen atoms in total. The van der Waals surface area contributed by atoms with E-state index in [0.29, 0.717) is 54.9 Å². The van der Waals surface area contributed by atoms with Crippen molar-refractivity contribution in [2.24, 2.45) is 5.10 Å². The quantitative estimate of drug-likeness (QED) is 0.425. The van der Waals surface area contributed by atoms with Gasteiger partial charge in [0.15, 0.2) is 36.2 Å². The fraction of sp³-hybridized carbons (Fsp3) is 0.348. The number of amides is 2. The van der Waals surface area contributed by atoms with Crippen molar-refractivity contribution in [1.82, 2.24) is 10.3 Å². The number of hydrogen-bond donors (Lipinski definition) is 1. The van der Waals surface area contributed by atoms with Crippen molar-refractivity contribution in [2.45, 2.75) is 0 Å². The van der Waals surface area contributed by atoms with E-state index in [0.717, 1.165) is 0 Å². The average molecular weight is 457 g/mol. The number of nitrogens with one attached hydrogen (secondary N) is 1. The lowest BCUT2D eigenvalue weighted by Gasteiger charge is -2.26.